The summed E-state index contributed by atoms with van der Waals surface area (Å²) < 4.78 is 0. The molecule has 0 aromatic heterocycles. The molecule has 0 radical (unpaired) electrons. The van der Waals surface area contributed by atoms with Crippen molar-refractivity contribution >= 4 is 0 Å². The van der Waals surface area contributed by atoms with Crippen molar-refractivity contribution in [1.82, 2.24) is 0 Å². The Kier molecular flexibility index (Phi) is 9.06. The van der Waals surface area contributed by atoms with Gasteiger partial charge in [-0.15, -0.1) is 0 Å². The van der Waals surface area contributed by atoms with Crippen molar-refractivity contribution in [3.05, 3.63) is 117 Å². The molecular weight excluding hydrogens is 522 g/mol. The Balaban J connectivity index is 0.000000214. The molecule has 6 aliphatic carbocycles. The Morgan fingerprint density at radius 1 is 0.667 bits per heavy atom. The van der Waals surface area contributed by atoms with Crippen molar-refractivity contribution in [2.75, 3.05) is 0 Å². The number of rotatable bonds is 0. The first-order chi connectivity index (χ1) is 14.4. The van der Waals surface area contributed by atoms with Gasteiger partial charge in [0.05, 0.1) is 0 Å². The fourth-order valence-electron chi connectivity index (χ4n) is 6.10. The third kappa shape index (κ3) is 4.59. The van der Waals surface area contributed by atoms with Crippen molar-refractivity contribution in [2.24, 2.45) is 10.8 Å². The Hall–Kier alpha value is -1.14. The summed E-state index contributed by atoms with van der Waals surface area (Å²) >= 11 is 0. The largest absolute Gasteiger partial charge is 4.00 e. The first kappa shape index (κ1) is 28.1. The van der Waals surface area contributed by atoms with Crippen LogP contribution in [0.1, 0.15) is 53.4 Å². The summed E-state index contributed by atoms with van der Waals surface area (Å²) in [4.78, 5) is 0. The SMILES string of the molecule is CC1=CC23[C-]=CC=C2CCC=C3C(C)=C1.CC1=CC23[C-]=CC=C2CCC=C3C(C)=C1.[Cl-].[Cl-].[Zr+4]. The van der Waals surface area contributed by atoms with Crippen molar-refractivity contribution < 1.29 is 51.0 Å². The topological polar surface area (TPSA) is 0 Å². The van der Waals surface area contributed by atoms with Gasteiger partial charge in [-0.1, -0.05) is 58.7 Å². The van der Waals surface area contributed by atoms with Crippen molar-refractivity contribution in [2.45, 2.75) is 53.4 Å². The van der Waals surface area contributed by atoms with Gasteiger partial charge in [-0.25, -0.2) is 24.3 Å². The van der Waals surface area contributed by atoms with Crippen LogP contribution in [0.25, 0.3) is 0 Å². The van der Waals surface area contributed by atoms with E-state index in [0.717, 1.165) is 0 Å². The molecular formula is C30H30Cl2Zr. The van der Waals surface area contributed by atoms with Crippen LogP contribution >= 0.6 is 0 Å². The molecule has 33 heavy (non-hydrogen) atoms. The standard InChI is InChI=1S/2C15H15.2ClH.Zr/c2*1-11-9-12(2)14-7-3-5-13-6-4-8-15(13,14)10-11;;;/h2*4,6-7,9-10H,3,5H2,1-2H3;2*1H;/q2*-1;;;+4/p-2. The van der Waals surface area contributed by atoms with Gasteiger partial charge < -0.3 is 24.8 Å². The molecule has 0 nitrogen and oxygen atoms in total. The zero-order valence-electron chi connectivity index (χ0n) is 19.9. The summed E-state index contributed by atoms with van der Waals surface area (Å²) in [5.74, 6) is 0. The van der Waals surface area contributed by atoms with E-state index in [1.54, 1.807) is 0 Å². The zero-order valence-corrected chi connectivity index (χ0v) is 23.8. The minimum atomic E-state index is 0. The molecule has 3 heteroatoms. The van der Waals surface area contributed by atoms with Gasteiger partial charge in [0.1, 0.15) is 0 Å². The molecule has 0 N–H and O–H groups in total. The maximum atomic E-state index is 3.53. The molecule has 168 valence electrons. The van der Waals surface area contributed by atoms with Crippen LogP contribution in [-0.4, -0.2) is 0 Å². The summed E-state index contributed by atoms with van der Waals surface area (Å²) in [6, 6.07) is 0. The third-order valence-corrected chi connectivity index (χ3v) is 7.20. The van der Waals surface area contributed by atoms with E-state index in [0.29, 0.717) is 0 Å². The quantitative estimate of drug-likeness (QED) is 0.403. The van der Waals surface area contributed by atoms with Crippen molar-refractivity contribution in [3.63, 3.8) is 0 Å². The van der Waals surface area contributed by atoms with Crippen LogP contribution in [0.4, 0.5) is 0 Å². The Morgan fingerprint density at radius 3 is 1.45 bits per heavy atom. The molecule has 2 atom stereocenters. The fraction of sp³-hybridized carbons (Fsp3) is 0.333. The molecule has 0 aliphatic heterocycles. The second-order valence-electron chi connectivity index (χ2n) is 9.37. The van der Waals surface area contributed by atoms with Gasteiger partial charge in [0, 0.05) is 0 Å². The molecule has 6 rings (SSSR count). The summed E-state index contributed by atoms with van der Waals surface area (Å²) in [5, 5.41) is 0. The summed E-state index contributed by atoms with van der Waals surface area (Å²) in [6.07, 6.45) is 34.5. The maximum absolute atomic E-state index is 3.53. The minimum absolute atomic E-state index is 0. The molecule has 0 saturated carbocycles. The van der Waals surface area contributed by atoms with Gasteiger partial charge in [-0.3, -0.25) is 12.2 Å². The smallest absolute Gasteiger partial charge is 1.00 e. The predicted molar refractivity (Wildman–Crippen MR) is 126 cm³/mol. The minimum Gasteiger partial charge on any atom is -1.00 e. The van der Waals surface area contributed by atoms with E-state index >= 15 is 0 Å². The van der Waals surface area contributed by atoms with E-state index in [-0.39, 0.29) is 61.8 Å². The predicted octanol–water partition coefficient (Wildman–Crippen LogP) is 1.80. The third-order valence-electron chi connectivity index (χ3n) is 7.20. The molecule has 6 aliphatic rings. The summed E-state index contributed by atoms with van der Waals surface area (Å²) in [6.45, 7) is 8.79. The fourth-order valence-corrected chi connectivity index (χ4v) is 6.10. The van der Waals surface area contributed by atoms with Crippen LogP contribution < -0.4 is 24.8 Å². The van der Waals surface area contributed by atoms with Gasteiger partial charge in [0.2, 0.25) is 0 Å². The van der Waals surface area contributed by atoms with E-state index < -0.39 is 0 Å². The van der Waals surface area contributed by atoms with E-state index in [2.05, 4.69) is 101 Å². The number of allylic oxidation sites excluding steroid dienone is 20. The van der Waals surface area contributed by atoms with Crippen molar-refractivity contribution in [1.29, 1.82) is 0 Å². The van der Waals surface area contributed by atoms with Gasteiger partial charge in [0.15, 0.2) is 0 Å². The van der Waals surface area contributed by atoms with Crippen LogP contribution in [0, 0.1) is 23.0 Å². The van der Waals surface area contributed by atoms with Gasteiger partial charge in [-0.05, 0) is 75.4 Å². The first-order valence-corrected chi connectivity index (χ1v) is 11.2. The molecule has 0 bridgehead atoms. The number of halogens is 2. The van der Waals surface area contributed by atoms with E-state index in [1.165, 1.54) is 70.3 Å². The second kappa shape index (κ2) is 10.6. The summed E-state index contributed by atoms with van der Waals surface area (Å²) in [5.41, 5.74) is 11.5. The van der Waals surface area contributed by atoms with E-state index in [1.807, 2.05) is 0 Å². The monoisotopic (exact) mass is 550 g/mol. The molecule has 0 heterocycles. The molecule has 2 spiro atoms. The molecule has 0 amide bonds. The average Bonchev–Trinajstić information content (AvgIpc) is 3.29. The van der Waals surface area contributed by atoms with Gasteiger partial charge >= 0.3 is 26.2 Å². The van der Waals surface area contributed by atoms with Crippen LogP contribution in [0.15, 0.2) is 105 Å². The molecule has 0 aromatic rings. The second-order valence-corrected chi connectivity index (χ2v) is 9.37. The average molecular weight is 553 g/mol. The van der Waals surface area contributed by atoms with Gasteiger partial charge in [0.25, 0.3) is 0 Å². The Morgan fingerprint density at radius 2 is 1.06 bits per heavy atom. The van der Waals surface area contributed by atoms with Crippen LogP contribution in [0.5, 0.6) is 0 Å². The number of hydrogen-bond acceptors (Lipinski definition) is 0. The number of hydrogen-bond donors (Lipinski definition) is 0. The molecule has 0 aromatic carbocycles. The van der Waals surface area contributed by atoms with E-state index in [9.17, 15) is 0 Å². The first-order valence-electron chi connectivity index (χ1n) is 11.2. The molecule has 0 saturated heterocycles. The Bertz CT molecular complexity index is 1040. The van der Waals surface area contributed by atoms with Crippen LogP contribution in [0.3, 0.4) is 0 Å². The van der Waals surface area contributed by atoms with Crippen LogP contribution in [-0.2, 0) is 26.2 Å². The summed E-state index contributed by atoms with van der Waals surface area (Å²) in [7, 11) is 0. The van der Waals surface area contributed by atoms with Crippen LogP contribution in [0.2, 0.25) is 0 Å². The van der Waals surface area contributed by atoms with E-state index in [4.69, 9.17) is 0 Å². The maximum Gasteiger partial charge on any atom is 4.00 e. The van der Waals surface area contributed by atoms with Gasteiger partial charge in [-0.2, -0.15) is 11.1 Å². The molecule has 2 unspecified atom stereocenters. The Labute approximate surface area is 231 Å². The zero-order chi connectivity index (χ0) is 20.9. The normalized spacial score (nSPS) is 29.5. The molecule has 0 fully saturated rings. The van der Waals surface area contributed by atoms with Crippen molar-refractivity contribution in [3.8, 4) is 0 Å².